The molecule has 1 aliphatic heterocycles. The standard InChI is InChI=1S/C25H33FO6/c1-14-10-18-16-7-9-24(20(29)13-31-23(4,30-5)32-24)22(16,3)12-19(28)25(18,26)21(2)8-6-15(27)11-17(14)21/h6,8,11,14,16,18-19,28H,7,9-10,12-13H2,1-5H3/t14-,16+,18+,19+,21+,22+,23?,24+,25+/m1/s1. The lowest BCUT2D eigenvalue weighted by Gasteiger charge is -2.64. The van der Waals surface area contributed by atoms with Crippen LogP contribution in [0.5, 0.6) is 0 Å². The van der Waals surface area contributed by atoms with Gasteiger partial charge in [0.05, 0.1) is 6.10 Å². The van der Waals surface area contributed by atoms with Crippen molar-refractivity contribution in [3.63, 3.8) is 0 Å². The second kappa shape index (κ2) is 6.59. The number of hydrogen-bond acceptors (Lipinski definition) is 6. The first-order chi connectivity index (χ1) is 14.9. The number of Topliss-reactive ketones (excluding diaryl/α,β-unsaturated/α-hetero) is 1. The molecule has 176 valence electrons. The van der Waals surface area contributed by atoms with Crippen LogP contribution in [0.25, 0.3) is 0 Å². The summed E-state index contributed by atoms with van der Waals surface area (Å²) >= 11 is 0. The molecule has 7 heteroatoms. The van der Waals surface area contributed by atoms with E-state index in [0.717, 1.165) is 5.57 Å². The molecule has 0 radical (unpaired) electrons. The van der Waals surface area contributed by atoms with Crippen LogP contribution in [0.3, 0.4) is 0 Å². The Kier molecular flexibility index (Phi) is 4.61. The van der Waals surface area contributed by atoms with E-state index in [1.54, 1.807) is 26.0 Å². The molecule has 1 N–H and O–H groups in total. The maximum Gasteiger partial charge on any atom is 0.281 e. The lowest BCUT2D eigenvalue weighted by atomic mass is 9.43. The van der Waals surface area contributed by atoms with Gasteiger partial charge in [0, 0.05) is 30.8 Å². The van der Waals surface area contributed by atoms with Crippen LogP contribution in [0.4, 0.5) is 4.39 Å². The number of ether oxygens (including phenoxy) is 3. The van der Waals surface area contributed by atoms with Crippen LogP contribution < -0.4 is 0 Å². The molecule has 4 fully saturated rings. The lowest BCUT2D eigenvalue weighted by Crippen LogP contribution is -2.71. The molecule has 1 unspecified atom stereocenters. The number of ketones is 2. The van der Waals surface area contributed by atoms with E-state index in [4.69, 9.17) is 14.2 Å². The maximum absolute atomic E-state index is 17.3. The summed E-state index contributed by atoms with van der Waals surface area (Å²) in [5.74, 6) is -2.32. The molecule has 9 atom stereocenters. The zero-order chi connectivity index (χ0) is 23.3. The minimum Gasteiger partial charge on any atom is -0.390 e. The molecule has 0 aromatic rings. The summed E-state index contributed by atoms with van der Waals surface area (Å²) in [7, 11) is 1.47. The molecule has 32 heavy (non-hydrogen) atoms. The molecule has 1 saturated heterocycles. The Morgan fingerprint density at radius 3 is 2.62 bits per heavy atom. The normalized spacial score (nSPS) is 54.8. The quantitative estimate of drug-likeness (QED) is 0.663. The number of halogens is 1. The van der Waals surface area contributed by atoms with Gasteiger partial charge in [-0.2, -0.15) is 0 Å². The molecule has 5 rings (SSSR count). The monoisotopic (exact) mass is 448 g/mol. The van der Waals surface area contributed by atoms with Gasteiger partial charge < -0.3 is 19.3 Å². The summed E-state index contributed by atoms with van der Waals surface area (Å²) in [5.41, 5.74) is -4.21. The third-order valence-corrected chi connectivity index (χ3v) is 9.74. The SMILES string of the molecule is COC1(C)OCC(=O)[C@]2(CC[C@H]3[C@@H]4C[C@@H](C)C5=CC(=O)C=C[C@]5(C)[C@@]4(F)[C@@H](O)C[C@@]32C)O1. The average molecular weight is 449 g/mol. The number of methoxy groups -OCH3 is 1. The topological polar surface area (TPSA) is 82.1 Å². The van der Waals surface area contributed by atoms with Crippen molar-refractivity contribution in [1.82, 2.24) is 0 Å². The van der Waals surface area contributed by atoms with E-state index in [0.29, 0.717) is 19.3 Å². The number of allylic oxidation sites excluding steroid dienone is 4. The molecule has 3 saturated carbocycles. The first kappa shape index (κ1) is 22.4. The first-order valence-electron chi connectivity index (χ1n) is 11.6. The smallest absolute Gasteiger partial charge is 0.281 e. The van der Waals surface area contributed by atoms with E-state index < -0.39 is 40.1 Å². The molecule has 1 spiro atoms. The summed E-state index contributed by atoms with van der Waals surface area (Å²) < 4.78 is 34.5. The van der Waals surface area contributed by atoms with Gasteiger partial charge in [-0.3, -0.25) is 9.59 Å². The summed E-state index contributed by atoms with van der Waals surface area (Å²) in [6, 6.07) is 0. The Morgan fingerprint density at radius 1 is 1.22 bits per heavy atom. The fourth-order valence-electron chi connectivity index (χ4n) is 8.03. The highest BCUT2D eigenvalue weighted by Crippen LogP contribution is 2.71. The highest BCUT2D eigenvalue weighted by atomic mass is 19.1. The molecule has 0 aromatic carbocycles. The van der Waals surface area contributed by atoms with Crippen molar-refractivity contribution < 1.29 is 33.3 Å². The predicted octanol–water partition coefficient (Wildman–Crippen LogP) is 3.28. The van der Waals surface area contributed by atoms with Gasteiger partial charge in [-0.05, 0) is 56.6 Å². The van der Waals surface area contributed by atoms with Crippen molar-refractivity contribution in [2.45, 2.75) is 76.7 Å². The third kappa shape index (κ3) is 2.43. The average Bonchev–Trinajstić information content (AvgIpc) is 3.01. The minimum atomic E-state index is -1.93. The zero-order valence-corrected chi connectivity index (χ0v) is 19.4. The summed E-state index contributed by atoms with van der Waals surface area (Å²) in [6.07, 6.45) is 4.98. The van der Waals surface area contributed by atoms with Gasteiger partial charge in [0.25, 0.3) is 5.97 Å². The van der Waals surface area contributed by atoms with Crippen molar-refractivity contribution in [2.75, 3.05) is 13.7 Å². The number of alkyl halides is 1. The summed E-state index contributed by atoms with van der Waals surface area (Å²) in [6.45, 7) is 7.29. The Labute approximate surface area is 188 Å². The number of aliphatic hydroxyl groups is 1. The van der Waals surface area contributed by atoms with Crippen LogP contribution in [0.1, 0.15) is 53.4 Å². The van der Waals surface area contributed by atoms with Gasteiger partial charge in [0.15, 0.2) is 17.2 Å². The molecule has 0 bridgehead atoms. The summed E-state index contributed by atoms with van der Waals surface area (Å²) in [5, 5.41) is 11.5. The number of hydrogen-bond donors (Lipinski definition) is 1. The highest BCUT2D eigenvalue weighted by molar-refractivity contribution is 6.01. The second-order valence-electron chi connectivity index (χ2n) is 11.0. The van der Waals surface area contributed by atoms with Crippen LogP contribution >= 0.6 is 0 Å². The fraction of sp³-hybridized carbons (Fsp3) is 0.760. The highest BCUT2D eigenvalue weighted by Gasteiger charge is 2.76. The Hall–Kier alpha value is -1.41. The zero-order valence-electron chi connectivity index (χ0n) is 19.4. The van der Waals surface area contributed by atoms with Crippen molar-refractivity contribution in [1.29, 1.82) is 0 Å². The van der Waals surface area contributed by atoms with Crippen LogP contribution in [-0.4, -0.2) is 53.7 Å². The number of fused-ring (bicyclic) bond motifs is 6. The molecular weight excluding hydrogens is 415 g/mol. The van der Waals surface area contributed by atoms with Crippen molar-refractivity contribution in [2.24, 2.45) is 28.6 Å². The van der Waals surface area contributed by atoms with E-state index in [9.17, 15) is 14.7 Å². The number of carbonyl (C=O) groups is 2. The second-order valence-corrected chi connectivity index (χ2v) is 11.0. The fourth-order valence-corrected chi connectivity index (χ4v) is 8.03. The van der Waals surface area contributed by atoms with Crippen LogP contribution in [0, 0.1) is 28.6 Å². The van der Waals surface area contributed by atoms with Gasteiger partial charge in [-0.15, -0.1) is 0 Å². The van der Waals surface area contributed by atoms with E-state index in [1.165, 1.54) is 13.2 Å². The van der Waals surface area contributed by atoms with Gasteiger partial charge in [-0.25, -0.2) is 4.39 Å². The van der Waals surface area contributed by atoms with E-state index in [-0.39, 0.29) is 36.4 Å². The Bertz CT molecular complexity index is 945. The maximum atomic E-state index is 17.3. The van der Waals surface area contributed by atoms with Crippen LogP contribution in [-0.2, 0) is 23.8 Å². The van der Waals surface area contributed by atoms with Crippen LogP contribution in [0.2, 0.25) is 0 Å². The lowest BCUT2D eigenvalue weighted by molar-refractivity contribution is -0.415. The van der Waals surface area contributed by atoms with Crippen molar-refractivity contribution in [3.05, 3.63) is 23.8 Å². The summed E-state index contributed by atoms with van der Waals surface area (Å²) in [4.78, 5) is 25.4. The molecule has 1 heterocycles. The van der Waals surface area contributed by atoms with Gasteiger partial charge in [-0.1, -0.05) is 25.5 Å². The van der Waals surface area contributed by atoms with Gasteiger partial charge >= 0.3 is 0 Å². The van der Waals surface area contributed by atoms with Gasteiger partial charge in [0.1, 0.15) is 12.2 Å². The number of aliphatic hydroxyl groups excluding tert-OH is 1. The van der Waals surface area contributed by atoms with E-state index >= 15 is 4.39 Å². The van der Waals surface area contributed by atoms with E-state index in [1.807, 2.05) is 13.8 Å². The Morgan fingerprint density at radius 2 is 1.94 bits per heavy atom. The molecule has 0 aromatic heterocycles. The van der Waals surface area contributed by atoms with Gasteiger partial charge in [0.2, 0.25) is 0 Å². The number of rotatable bonds is 1. The molecule has 0 amide bonds. The van der Waals surface area contributed by atoms with E-state index in [2.05, 4.69) is 0 Å². The third-order valence-electron chi connectivity index (χ3n) is 9.74. The molecule has 6 nitrogen and oxygen atoms in total. The minimum absolute atomic E-state index is 0.00979. The molecule has 5 aliphatic rings. The number of carbonyl (C=O) groups excluding carboxylic acids is 2. The predicted molar refractivity (Wildman–Crippen MR) is 113 cm³/mol. The molecule has 4 aliphatic carbocycles. The van der Waals surface area contributed by atoms with Crippen molar-refractivity contribution in [3.8, 4) is 0 Å². The Balaban J connectivity index is 1.61. The van der Waals surface area contributed by atoms with Crippen molar-refractivity contribution >= 4 is 11.6 Å². The first-order valence-corrected chi connectivity index (χ1v) is 11.6. The van der Waals surface area contributed by atoms with Crippen LogP contribution in [0.15, 0.2) is 23.8 Å². The largest absolute Gasteiger partial charge is 0.390 e. The molecular formula is C25H33FO6.